The highest BCUT2D eigenvalue weighted by atomic mass is 19.4. The smallest absolute Gasteiger partial charge is 0.287 e. The molecule has 1 aliphatic rings. The third-order valence-electron chi connectivity index (χ3n) is 6.66. The van der Waals surface area contributed by atoms with Crippen molar-refractivity contribution in [3.63, 3.8) is 0 Å². The van der Waals surface area contributed by atoms with Gasteiger partial charge in [0.2, 0.25) is 5.91 Å². The van der Waals surface area contributed by atoms with E-state index < -0.39 is 17.6 Å². The van der Waals surface area contributed by atoms with Gasteiger partial charge in [-0.05, 0) is 54.7 Å². The van der Waals surface area contributed by atoms with Crippen LogP contribution in [0.4, 0.5) is 13.2 Å². The van der Waals surface area contributed by atoms with Gasteiger partial charge in [0.15, 0.2) is 0 Å². The van der Waals surface area contributed by atoms with Crippen LogP contribution in [0, 0.1) is 5.41 Å². The van der Waals surface area contributed by atoms with Gasteiger partial charge in [0, 0.05) is 6.54 Å². The zero-order valence-electron chi connectivity index (χ0n) is 20.1. The average Bonchev–Trinajstić information content (AvgIpc) is 3.00. The molecular weight excluding hydrogens is 425 g/mol. The summed E-state index contributed by atoms with van der Waals surface area (Å²) in [5.41, 5.74) is 2.85. The predicted molar refractivity (Wildman–Crippen MR) is 128 cm³/mol. The lowest BCUT2D eigenvalue weighted by Gasteiger charge is -2.30. The van der Waals surface area contributed by atoms with Gasteiger partial charge >= 0.3 is 6.18 Å². The van der Waals surface area contributed by atoms with Gasteiger partial charge < -0.3 is 0 Å². The number of hydrogen-bond donors (Lipinski definition) is 1. The van der Waals surface area contributed by atoms with Crippen molar-refractivity contribution < 1.29 is 18.0 Å². The number of hydrazine groups is 1. The fourth-order valence-corrected chi connectivity index (χ4v) is 4.71. The molecule has 1 N–H and O–H groups in total. The van der Waals surface area contributed by atoms with Crippen LogP contribution in [0.15, 0.2) is 36.4 Å². The number of rotatable bonds is 11. The largest absolute Gasteiger partial charge is 0.409 e. The SMILES string of the molecule is CCCCCCCCCCc1cccc2ccc([C@H](N3CC(C)(C)C(=O)N3)C(F)(F)F)cc12. The van der Waals surface area contributed by atoms with E-state index in [0.717, 1.165) is 40.6 Å². The lowest BCUT2D eigenvalue weighted by molar-refractivity contribution is -0.191. The van der Waals surface area contributed by atoms with E-state index in [1.807, 2.05) is 18.2 Å². The number of benzene rings is 2. The Balaban J connectivity index is 1.75. The quantitative estimate of drug-likeness (QED) is 0.351. The lowest BCUT2D eigenvalue weighted by atomic mass is 9.93. The van der Waals surface area contributed by atoms with Gasteiger partial charge in [0.05, 0.1) is 5.41 Å². The Bertz CT molecular complexity index is 939. The van der Waals surface area contributed by atoms with Gasteiger partial charge in [-0.25, -0.2) is 5.01 Å². The molecule has 6 heteroatoms. The zero-order chi connectivity index (χ0) is 24.1. The topological polar surface area (TPSA) is 32.3 Å². The average molecular weight is 463 g/mol. The first kappa shape index (κ1) is 25.5. The number of aryl methyl sites for hydroxylation is 1. The first-order chi connectivity index (χ1) is 15.6. The van der Waals surface area contributed by atoms with Gasteiger partial charge in [0.25, 0.3) is 0 Å². The fourth-order valence-electron chi connectivity index (χ4n) is 4.71. The van der Waals surface area contributed by atoms with Crippen molar-refractivity contribution in [2.24, 2.45) is 5.41 Å². The van der Waals surface area contributed by atoms with E-state index in [9.17, 15) is 18.0 Å². The van der Waals surface area contributed by atoms with Crippen molar-refractivity contribution in [1.82, 2.24) is 10.4 Å². The highest BCUT2D eigenvalue weighted by molar-refractivity contribution is 5.87. The van der Waals surface area contributed by atoms with E-state index in [1.54, 1.807) is 26.0 Å². The standard InChI is InChI=1S/C27H37F3N2O/c1-4-5-6-7-8-9-10-11-13-20-14-12-15-21-16-17-22(18-23(20)21)24(27(28,29)30)32-19-26(2,3)25(33)31-32/h12,14-18,24H,4-11,13,19H2,1-3H3,(H,31,33)/t24-/m0/s1. The summed E-state index contributed by atoms with van der Waals surface area (Å²) in [4.78, 5) is 12.2. The van der Waals surface area contributed by atoms with Gasteiger partial charge in [-0.2, -0.15) is 13.2 Å². The predicted octanol–water partition coefficient (Wildman–Crippen LogP) is 7.50. The summed E-state index contributed by atoms with van der Waals surface area (Å²) < 4.78 is 42.4. The van der Waals surface area contributed by atoms with E-state index in [-0.39, 0.29) is 18.0 Å². The number of alkyl halides is 3. The monoisotopic (exact) mass is 462 g/mol. The van der Waals surface area contributed by atoms with Gasteiger partial charge in [-0.3, -0.25) is 10.2 Å². The number of nitrogens with one attached hydrogen (secondary N) is 1. The molecule has 1 saturated heterocycles. The molecule has 0 aliphatic carbocycles. The second kappa shape index (κ2) is 10.9. The summed E-state index contributed by atoms with van der Waals surface area (Å²) in [5, 5.41) is 2.87. The summed E-state index contributed by atoms with van der Waals surface area (Å²) in [6.45, 7) is 5.55. The Hall–Kier alpha value is -2.08. The van der Waals surface area contributed by atoms with Crippen molar-refractivity contribution in [2.45, 2.75) is 90.8 Å². The molecule has 0 saturated carbocycles. The molecule has 0 radical (unpaired) electrons. The maximum absolute atomic E-state index is 14.1. The minimum absolute atomic E-state index is 0.00789. The normalized spacial score (nSPS) is 17.5. The van der Waals surface area contributed by atoms with E-state index in [4.69, 9.17) is 0 Å². The molecule has 1 fully saturated rings. The minimum atomic E-state index is -4.51. The van der Waals surface area contributed by atoms with Crippen LogP contribution >= 0.6 is 0 Å². The zero-order valence-corrected chi connectivity index (χ0v) is 20.1. The molecule has 2 aromatic carbocycles. The van der Waals surface area contributed by atoms with Crippen LogP contribution < -0.4 is 5.43 Å². The van der Waals surface area contributed by atoms with E-state index in [0.29, 0.717) is 0 Å². The van der Waals surface area contributed by atoms with Crippen molar-refractivity contribution in [3.8, 4) is 0 Å². The molecule has 33 heavy (non-hydrogen) atoms. The summed E-state index contributed by atoms with van der Waals surface area (Å²) in [6, 6.07) is 9.05. The van der Waals surface area contributed by atoms with Crippen LogP contribution in [0.3, 0.4) is 0 Å². The fraction of sp³-hybridized carbons (Fsp3) is 0.593. The van der Waals surface area contributed by atoms with Crippen molar-refractivity contribution in [1.29, 1.82) is 0 Å². The number of hydrogen-bond acceptors (Lipinski definition) is 2. The van der Waals surface area contributed by atoms with Crippen molar-refractivity contribution >= 4 is 16.7 Å². The number of carbonyl (C=O) groups excluding carboxylic acids is 1. The molecule has 1 atom stereocenters. The van der Waals surface area contributed by atoms with Crippen LogP contribution in [-0.4, -0.2) is 23.6 Å². The maximum Gasteiger partial charge on any atom is 0.409 e. The van der Waals surface area contributed by atoms with Crippen molar-refractivity contribution in [2.75, 3.05) is 6.54 Å². The van der Waals surface area contributed by atoms with Gasteiger partial charge in [0.1, 0.15) is 6.04 Å². The van der Waals surface area contributed by atoms with Crippen LogP contribution in [0.25, 0.3) is 10.8 Å². The summed E-state index contributed by atoms with van der Waals surface area (Å²) in [6.07, 6.45) is 6.14. The Kier molecular flexibility index (Phi) is 8.43. The number of carbonyl (C=O) groups is 1. The minimum Gasteiger partial charge on any atom is -0.287 e. The molecule has 1 amide bonds. The van der Waals surface area contributed by atoms with E-state index in [1.165, 1.54) is 44.6 Å². The Labute approximate surface area is 195 Å². The molecule has 1 aliphatic heterocycles. The first-order valence-electron chi connectivity index (χ1n) is 12.3. The molecular formula is C27H37F3N2O. The third kappa shape index (κ3) is 6.50. The number of halogens is 3. The van der Waals surface area contributed by atoms with Crippen LogP contribution in [-0.2, 0) is 11.2 Å². The molecule has 0 unspecified atom stereocenters. The Morgan fingerprint density at radius 2 is 1.67 bits per heavy atom. The Morgan fingerprint density at radius 1 is 1.00 bits per heavy atom. The van der Waals surface area contributed by atoms with E-state index >= 15 is 0 Å². The van der Waals surface area contributed by atoms with E-state index in [2.05, 4.69) is 12.3 Å². The summed E-state index contributed by atoms with van der Waals surface area (Å²) in [5.74, 6) is -0.382. The molecule has 182 valence electrons. The molecule has 1 heterocycles. The highest BCUT2D eigenvalue weighted by Gasteiger charge is 2.51. The molecule has 3 nitrogen and oxygen atoms in total. The first-order valence-corrected chi connectivity index (χ1v) is 12.3. The van der Waals surface area contributed by atoms with Gasteiger partial charge in [-0.15, -0.1) is 0 Å². The number of fused-ring (bicyclic) bond motifs is 1. The van der Waals surface area contributed by atoms with Crippen LogP contribution in [0.2, 0.25) is 0 Å². The molecule has 0 aromatic heterocycles. The number of nitrogens with zero attached hydrogens (tertiary/aromatic N) is 1. The molecule has 0 spiro atoms. The second-order valence-electron chi connectivity index (χ2n) is 10.0. The van der Waals surface area contributed by atoms with Crippen LogP contribution in [0.5, 0.6) is 0 Å². The number of unbranched alkanes of at least 4 members (excludes halogenated alkanes) is 7. The van der Waals surface area contributed by atoms with Gasteiger partial charge in [-0.1, -0.05) is 82.2 Å². The summed E-state index contributed by atoms with van der Waals surface area (Å²) >= 11 is 0. The lowest BCUT2D eigenvalue weighted by Crippen LogP contribution is -2.43. The molecule has 3 rings (SSSR count). The number of amides is 1. The summed E-state index contributed by atoms with van der Waals surface area (Å²) in [7, 11) is 0. The molecule has 2 aromatic rings. The maximum atomic E-state index is 14.1. The Morgan fingerprint density at radius 3 is 2.27 bits per heavy atom. The highest BCUT2D eigenvalue weighted by Crippen LogP contribution is 2.41. The third-order valence-corrected chi connectivity index (χ3v) is 6.66. The second-order valence-corrected chi connectivity index (χ2v) is 10.0. The van der Waals surface area contributed by atoms with Crippen molar-refractivity contribution in [3.05, 3.63) is 47.5 Å². The molecule has 0 bridgehead atoms. The van der Waals surface area contributed by atoms with Crippen LogP contribution in [0.1, 0.15) is 89.3 Å².